The van der Waals surface area contributed by atoms with Crippen LogP contribution in [-0.2, 0) is 0 Å². The van der Waals surface area contributed by atoms with Crippen LogP contribution in [0.2, 0.25) is 0 Å². The first-order valence-electron chi connectivity index (χ1n) is 6.47. The summed E-state index contributed by atoms with van der Waals surface area (Å²) in [6, 6.07) is 13.8. The summed E-state index contributed by atoms with van der Waals surface area (Å²) in [5.41, 5.74) is 6.85. The molecule has 2 aromatic rings. The first-order chi connectivity index (χ1) is 9.60. The normalized spacial score (nSPS) is 10.6. The van der Waals surface area contributed by atoms with E-state index in [0.717, 1.165) is 21.3 Å². The molecule has 0 bridgehead atoms. The topological polar surface area (TPSA) is 44.5 Å². The van der Waals surface area contributed by atoms with Crippen LogP contribution in [0.3, 0.4) is 0 Å². The summed E-state index contributed by atoms with van der Waals surface area (Å²) in [4.78, 5) is 2.10. The molecule has 0 radical (unpaired) electrons. The Morgan fingerprint density at radius 1 is 1.05 bits per heavy atom. The Balaban J connectivity index is 2.20. The molecule has 0 aromatic heterocycles. The lowest BCUT2D eigenvalue weighted by Gasteiger charge is -2.14. The maximum absolute atomic E-state index is 6.17. The number of para-hydroxylation sites is 1. The molecule has 0 unspecified atom stereocenters. The summed E-state index contributed by atoms with van der Waals surface area (Å²) in [7, 11) is 1.66. The van der Waals surface area contributed by atoms with E-state index in [1.54, 1.807) is 18.9 Å². The van der Waals surface area contributed by atoms with Gasteiger partial charge in [0.1, 0.15) is 11.5 Å². The molecular formula is C16H19NO2S. The molecule has 3 nitrogen and oxygen atoms in total. The fourth-order valence-electron chi connectivity index (χ4n) is 1.74. The van der Waals surface area contributed by atoms with Gasteiger partial charge in [-0.3, -0.25) is 0 Å². The predicted molar refractivity (Wildman–Crippen MR) is 83.7 cm³/mol. The Bertz CT molecular complexity index is 567. The van der Waals surface area contributed by atoms with E-state index in [-0.39, 0.29) is 6.10 Å². The van der Waals surface area contributed by atoms with Crippen LogP contribution in [0.4, 0.5) is 5.69 Å². The molecule has 0 aliphatic heterocycles. The number of nitrogens with two attached hydrogens (primary N) is 1. The van der Waals surface area contributed by atoms with Crippen LogP contribution < -0.4 is 15.2 Å². The molecule has 0 saturated heterocycles. The number of methoxy groups -OCH3 is 1. The molecule has 0 amide bonds. The van der Waals surface area contributed by atoms with Crippen molar-refractivity contribution in [3.05, 3.63) is 42.5 Å². The number of benzene rings is 2. The number of ether oxygens (including phenoxy) is 2. The van der Waals surface area contributed by atoms with Crippen molar-refractivity contribution in [3.8, 4) is 11.5 Å². The zero-order valence-corrected chi connectivity index (χ0v) is 12.7. The summed E-state index contributed by atoms with van der Waals surface area (Å²) < 4.78 is 10.9. The maximum Gasteiger partial charge on any atom is 0.143 e. The van der Waals surface area contributed by atoms with Crippen LogP contribution in [0.25, 0.3) is 0 Å². The Morgan fingerprint density at radius 2 is 1.75 bits per heavy atom. The molecule has 0 spiro atoms. The molecule has 0 fully saturated rings. The highest BCUT2D eigenvalue weighted by molar-refractivity contribution is 7.99. The summed E-state index contributed by atoms with van der Waals surface area (Å²) in [6.45, 7) is 3.98. The van der Waals surface area contributed by atoms with Crippen LogP contribution in [0.5, 0.6) is 11.5 Å². The average Bonchev–Trinajstić information content (AvgIpc) is 2.43. The van der Waals surface area contributed by atoms with E-state index in [1.807, 2.05) is 56.3 Å². The molecule has 0 heterocycles. The summed E-state index contributed by atoms with van der Waals surface area (Å²) >= 11 is 1.61. The maximum atomic E-state index is 6.17. The lowest BCUT2D eigenvalue weighted by molar-refractivity contribution is 0.243. The molecule has 2 N–H and O–H groups in total. The third-order valence-electron chi connectivity index (χ3n) is 2.68. The van der Waals surface area contributed by atoms with Crippen molar-refractivity contribution >= 4 is 17.4 Å². The van der Waals surface area contributed by atoms with Crippen LogP contribution in [0, 0.1) is 0 Å². The van der Waals surface area contributed by atoms with Crippen molar-refractivity contribution in [1.82, 2.24) is 0 Å². The van der Waals surface area contributed by atoms with E-state index < -0.39 is 0 Å². The lowest BCUT2D eigenvalue weighted by atomic mass is 10.3. The zero-order chi connectivity index (χ0) is 14.5. The monoisotopic (exact) mass is 289 g/mol. The summed E-state index contributed by atoms with van der Waals surface area (Å²) in [5.74, 6) is 1.58. The molecular weight excluding hydrogens is 270 g/mol. The van der Waals surface area contributed by atoms with Crippen LogP contribution in [0.15, 0.2) is 52.3 Å². The highest BCUT2D eigenvalue weighted by atomic mass is 32.2. The highest BCUT2D eigenvalue weighted by Crippen LogP contribution is 2.37. The second-order valence-corrected chi connectivity index (χ2v) is 5.73. The molecule has 0 atom stereocenters. The third-order valence-corrected chi connectivity index (χ3v) is 3.76. The SMILES string of the molecule is COc1ccc(Sc2cccc(OC(C)C)c2N)cc1. The van der Waals surface area contributed by atoms with Gasteiger partial charge in [0, 0.05) is 9.79 Å². The number of rotatable bonds is 5. The van der Waals surface area contributed by atoms with Crippen molar-refractivity contribution in [2.75, 3.05) is 12.8 Å². The quantitative estimate of drug-likeness (QED) is 0.837. The first-order valence-corrected chi connectivity index (χ1v) is 7.29. The summed E-state index contributed by atoms with van der Waals surface area (Å²) in [5, 5.41) is 0. The van der Waals surface area contributed by atoms with Crippen LogP contribution in [-0.4, -0.2) is 13.2 Å². The van der Waals surface area contributed by atoms with Crippen molar-refractivity contribution in [2.24, 2.45) is 0 Å². The van der Waals surface area contributed by atoms with Gasteiger partial charge in [0.2, 0.25) is 0 Å². The van der Waals surface area contributed by atoms with Crippen molar-refractivity contribution in [3.63, 3.8) is 0 Å². The second-order valence-electron chi connectivity index (χ2n) is 4.61. The third kappa shape index (κ3) is 3.61. The van der Waals surface area contributed by atoms with E-state index >= 15 is 0 Å². The van der Waals surface area contributed by atoms with Crippen molar-refractivity contribution < 1.29 is 9.47 Å². The fourth-order valence-corrected chi connectivity index (χ4v) is 2.62. The van der Waals surface area contributed by atoms with Gasteiger partial charge in [-0.1, -0.05) is 17.8 Å². The van der Waals surface area contributed by atoms with Crippen LogP contribution in [0.1, 0.15) is 13.8 Å². The molecule has 0 saturated carbocycles. The molecule has 4 heteroatoms. The van der Waals surface area contributed by atoms with E-state index in [4.69, 9.17) is 15.2 Å². The molecule has 0 aliphatic carbocycles. The zero-order valence-electron chi connectivity index (χ0n) is 11.9. The van der Waals surface area contributed by atoms with Crippen LogP contribution >= 0.6 is 11.8 Å². The smallest absolute Gasteiger partial charge is 0.143 e. The number of nitrogen functional groups attached to an aromatic ring is 1. The fraction of sp³-hybridized carbons (Fsp3) is 0.250. The van der Waals surface area contributed by atoms with E-state index in [2.05, 4.69) is 0 Å². The number of hydrogen-bond acceptors (Lipinski definition) is 4. The molecule has 2 aromatic carbocycles. The Labute approximate surface area is 124 Å². The molecule has 106 valence electrons. The first kappa shape index (κ1) is 14.6. The highest BCUT2D eigenvalue weighted by Gasteiger charge is 2.09. The minimum absolute atomic E-state index is 0.110. The van der Waals surface area contributed by atoms with Gasteiger partial charge in [-0.25, -0.2) is 0 Å². The Kier molecular flexibility index (Phi) is 4.79. The lowest BCUT2D eigenvalue weighted by Crippen LogP contribution is -2.07. The largest absolute Gasteiger partial charge is 0.497 e. The second kappa shape index (κ2) is 6.57. The van der Waals surface area contributed by atoms with Gasteiger partial charge in [-0.2, -0.15) is 0 Å². The van der Waals surface area contributed by atoms with Gasteiger partial charge in [0.05, 0.1) is 18.9 Å². The number of hydrogen-bond donors (Lipinski definition) is 1. The van der Waals surface area contributed by atoms with E-state index in [9.17, 15) is 0 Å². The Hall–Kier alpha value is -1.81. The van der Waals surface area contributed by atoms with Gasteiger partial charge in [-0.15, -0.1) is 0 Å². The molecule has 20 heavy (non-hydrogen) atoms. The van der Waals surface area contributed by atoms with Crippen molar-refractivity contribution in [1.29, 1.82) is 0 Å². The van der Waals surface area contributed by atoms with E-state index in [0.29, 0.717) is 5.69 Å². The van der Waals surface area contributed by atoms with Gasteiger partial charge in [-0.05, 0) is 50.2 Å². The van der Waals surface area contributed by atoms with Gasteiger partial charge in [0.25, 0.3) is 0 Å². The minimum atomic E-state index is 0.110. The summed E-state index contributed by atoms with van der Waals surface area (Å²) in [6.07, 6.45) is 0.110. The van der Waals surface area contributed by atoms with Gasteiger partial charge >= 0.3 is 0 Å². The molecule has 2 rings (SSSR count). The van der Waals surface area contributed by atoms with Crippen molar-refractivity contribution in [2.45, 2.75) is 29.7 Å². The van der Waals surface area contributed by atoms with Gasteiger partial charge < -0.3 is 15.2 Å². The number of anilines is 1. The van der Waals surface area contributed by atoms with E-state index in [1.165, 1.54) is 0 Å². The van der Waals surface area contributed by atoms with Gasteiger partial charge in [0.15, 0.2) is 0 Å². The molecule has 0 aliphatic rings. The predicted octanol–water partition coefficient (Wildman–Crippen LogP) is 4.22. The average molecular weight is 289 g/mol. The standard InChI is InChI=1S/C16H19NO2S/c1-11(2)19-14-5-4-6-15(16(14)17)20-13-9-7-12(18-3)8-10-13/h4-11H,17H2,1-3H3. The Morgan fingerprint density at radius 3 is 2.35 bits per heavy atom. The minimum Gasteiger partial charge on any atom is -0.497 e.